The van der Waals surface area contributed by atoms with Crippen molar-refractivity contribution in [1.82, 2.24) is 9.55 Å². The second-order valence-electron chi connectivity index (χ2n) is 5.75. The van der Waals surface area contributed by atoms with Crippen molar-refractivity contribution in [2.45, 2.75) is 13.5 Å². The Hall–Kier alpha value is -3.07. The average Bonchev–Trinajstić information content (AvgIpc) is 3.17. The first-order chi connectivity index (χ1) is 11.7. The first kappa shape index (κ1) is 14.5. The fourth-order valence-electron chi connectivity index (χ4n) is 2.86. The van der Waals surface area contributed by atoms with Crippen LogP contribution < -0.4 is 9.47 Å². The number of imidazole rings is 1. The van der Waals surface area contributed by atoms with Crippen LogP contribution in [0.2, 0.25) is 0 Å². The average molecular weight is 323 g/mol. The van der Waals surface area contributed by atoms with Gasteiger partial charge in [0.1, 0.15) is 11.6 Å². The molecule has 0 fully saturated rings. The molecule has 1 unspecified atom stereocenters. The summed E-state index contributed by atoms with van der Waals surface area (Å²) in [4.78, 5) is 4.59. The molecule has 2 heterocycles. The van der Waals surface area contributed by atoms with E-state index in [1.165, 1.54) is 6.07 Å². The monoisotopic (exact) mass is 323 g/mol. The van der Waals surface area contributed by atoms with Crippen molar-refractivity contribution in [1.29, 1.82) is 5.26 Å². The summed E-state index contributed by atoms with van der Waals surface area (Å²) in [5.74, 6) is 1.17. The summed E-state index contributed by atoms with van der Waals surface area (Å²) in [6.07, 6.45) is 0. The molecular weight excluding hydrogens is 309 g/mol. The second-order valence-corrected chi connectivity index (χ2v) is 5.75. The van der Waals surface area contributed by atoms with E-state index in [4.69, 9.17) is 9.47 Å². The van der Waals surface area contributed by atoms with Crippen LogP contribution in [0.1, 0.15) is 6.92 Å². The quantitative estimate of drug-likeness (QED) is 0.737. The van der Waals surface area contributed by atoms with Gasteiger partial charge in [-0.05, 0) is 19.1 Å². The summed E-state index contributed by atoms with van der Waals surface area (Å²) in [5.41, 5.74) is 1.88. The van der Waals surface area contributed by atoms with Gasteiger partial charge in [0.2, 0.25) is 6.79 Å². The fraction of sp³-hybridized carbons (Fsp3) is 0.222. The zero-order valence-corrected chi connectivity index (χ0v) is 13.0. The van der Waals surface area contributed by atoms with Gasteiger partial charge in [-0.3, -0.25) is 0 Å². The lowest BCUT2D eigenvalue weighted by molar-refractivity contribution is 0.174. The van der Waals surface area contributed by atoms with E-state index in [9.17, 15) is 9.65 Å². The van der Waals surface area contributed by atoms with Crippen LogP contribution in [0.15, 0.2) is 36.4 Å². The summed E-state index contributed by atoms with van der Waals surface area (Å²) in [5, 5.41) is 9.17. The molecule has 24 heavy (non-hydrogen) atoms. The van der Waals surface area contributed by atoms with Crippen molar-refractivity contribution in [3.05, 3.63) is 42.2 Å². The van der Waals surface area contributed by atoms with Crippen LogP contribution >= 0.6 is 0 Å². The minimum atomic E-state index is -0.348. The van der Waals surface area contributed by atoms with Gasteiger partial charge in [-0.2, -0.15) is 5.26 Å². The normalized spacial score (nSPS) is 13.9. The minimum Gasteiger partial charge on any atom is -0.454 e. The number of hydrogen-bond donors (Lipinski definition) is 0. The molecule has 1 aliphatic rings. The van der Waals surface area contributed by atoms with Crippen molar-refractivity contribution >= 4 is 11.0 Å². The molecule has 0 aliphatic carbocycles. The number of halogens is 1. The van der Waals surface area contributed by atoms with E-state index in [1.54, 1.807) is 24.3 Å². The van der Waals surface area contributed by atoms with Crippen LogP contribution in [0.3, 0.4) is 0 Å². The second kappa shape index (κ2) is 5.53. The maximum atomic E-state index is 14.3. The number of ether oxygens (including phenoxy) is 2. The van der Waals surface area contributed by atoms with Crippen LogP contribution in [0, 0.1) is 23.1 Å². The maximum Gasteiger partial charge on any atom is 0.231 e. The van der Waals surface area contributed by atoms with Gasteiger partial charge in [0.15, 0.2) is 11.5 Å². The summed E-state index contributed by atoms with van der Waals surface area (Å²) in [7, 11) is 0. The molecule has 0 saturated carbocycles. The van der Waals surface area contributed by atoms with Crippen LogP contribution in [0.4, 0.5) is 4.39 Å². The predicted molar refractivity (Wildman–Crippen MR) is 86.0 cm³/mol. The highest BCUT2D eigenvalue weighted by Crippen LogP contribution is 2.38. The van der Waals surface area contributed by atoms with Crippen molar-refractivity contribution in [3.8, 4) is 29.0 Å². The molecule has 6 heteroatoms. The molecule has 5 nitrogen and oxygen atoms in total. The van der Waals surface area contributed by atoms with Gasteiger partial charge in [-0.1, -0.05) is 12.1 Å². The van der Waals surface area contributed by atoms with E-state index in [2.05, 4.69) is 11.1 Å². The third-order valence-electron chi connectivity index (χ3n) is 4.03. The smallest absolute Gasteiger partial charge is 0.231 e. The highest BCUT2D eigenvalue weighted by atomic mass is 19.1. The number of nitrogens with zero attached hydrogens (tertiary/aromatic N) is 3. The summed E-state index contributed by atoms with van der Waals surface area (Å²) < 4.78 is 27.0. The highest BCUT2D eigenvalue weighted by molar-refractivity contribution is 5.84. The van der Waals surface area contributed by atoms with E-state index in [0.717, 1.165) is 5.52 Å². The van der Waals surface area contributed by atoms with Crippen molar-refractivity contribution in [2.75, 3.05) is 6.79 Å². The maximum absolute atomic E-state index is 14.3. The molecule has 3 aromatic rings. The van der Waals surface area contributed by atoms with Gasteiger partial charge in [0, 0.05) is 18.7 Å². The Morgan fingerprint density at radius 1 is 1.29 bits per heavy atom. The van der Waals surface area contributed by atoms with E-state index in [0.29, 0.717) is 34.9 Å². The first-order valence-electron chi connectivity index (χ1n) is 7.62. The predicted octanol–water partition coefficient (Wildman–Crippen LogP) is 3.73. The molecule has 2 aromatic carbocycles. The number of aromatic nitrogens is 2. The van der Waals surface area contributed by atoms with Gasteiger partial charge < -0.3 is 14.0 Å². The Morgan fingerprint density at radius 3 is 2.79 bits per heavy atom. The van der Waals surface area contributed by atoms with Crippen LogP contribution in [0.25, 0.3) is 22.4 Å². The molecule has 1 aromatic heterocycles. The minimum absolute atomic E-state index is 0.177. The molecule has 0 spiro atoms. The molecule has 4 rings (SSSR count). The molecule has 0 bridgehead atoms. The Bertz CT molecular complexity index is 974. The van der Waals surface area contributed by atoms with Gasteiger partial charge in [0.05, 0.1) is 28.6 Å². The van der Waals surface area contributed by atoms with Crippen molar-refractivity contribution < 1.29 is 13.9 Å². The zero-order valence-electron chi connectivity index (χ0n) is 13.0. The Labute approximate surface area is 137 Å². The van der Waals surface area contributed by atoms with Crippen molar-refractivity contribution in [3.63, 3.8) is 0 Å². The lowest BCUT2D eigenvalue weighted by Crippen LogP contribution is -2.08. The van der Waals surface area contributed by atoms with Gasteiger partial charge in [-0.25, -0.2) is 9.37 Å². The van der Waals surface area contributed by atoms with E-state index < -0.39 is 0 Å². The first-order valence-corrected chi connectivity index (χ1v) is 7.62. The standard InChI is InChI=1S/C18H14FN3O2/c1-11(8-20)9-22-15-7-17-16(23-10-24-17)6-14(15)21-18(22)12-4-2-3-5-13(12)19/h2-7,11H,9-10H2,1H3. The molecule has 1 atom stereocenters. The highest BCUT2D eigenvalue weighted by Gasteiger charge is 2.21. The fourth-order valence-corrected chi connectivity index (χ4v) is 2.86. The summed E-state index contributed by atoms with van der Waals surface area (Å²) in [6, 6.07) is 12.3. The number of hydrogen-bond acceptors (Lipinski definition) is 4. The summed E-state index contributed by atoms with van der Waals surface area (Å²) >= 11 is 0. The molecule has 0 radical (unpaired) electrons. The van der Waals surface area contributed by atoms with Crippen LogP contribution in [-0.2, 0) is 6.54 Å². The van der Waals surface area contributed by atoms with E-state index >= 15 is 0 Å². The lowest BCUT2D eigenvalue weighted by atomic mass is 10.1. The Balaban J connectivity index is 1.97. The molecule has 0 N–H and O–H groups in total. The third-order valence-corrected chi connectivity index (χ3v) is 4.03. The number of rotatable bonds is 3. The van der Waals surface area contributed by atoms with E-state index in [1.807, 2.05) is 17.6 Å². The lowest BCUT2D eigenvalue weighted by Gasteiger charge is -2.11. The van der Waals surface area contributed by atoms with Crippen LogP contribution in [-0.4, -0.2) is 16.3 Å². The SMILES string of the molecule is CC(C#N)Cn1c(-c2ccccc2F)nc2cc3c(cc21)OCO3. The van der Waals surface area contributed by atoms with Gasteiger partial charge in [-0.15, -0.1) is 0 Å². The summed E-state index contributed by atoms with van der Waals surface area (Å²) in [6.45, 7) is 2.41. The number of benzene rings is 2. The third kappa shape index (κ3) is 2.26. The van der Waals surface area contributed by atoms with E-state index in [-0.39, 0.29) is 18.5 Å². The van der Waals surface area contributed by atoms with Crippen LogP contribution in [0.5, 0.6) is 11.5 Å². The van der Waals surface area contributed by atoms with Gasteiger partial charge >= 0.3 is 0 Å². The molecular formula is C18H14FN3O2. The molecule has 0 amide bonds. The molecule has 0 saturated heterocycles. The largest absolute Gasteiger partial charge is 0.454 e. The van der Waals surface area contributed by atoms with Gasteiger partial charge in [0.25, 0.3) is 0 Å². The Morgan fingerprint density at radius 2 is 2.04 bits per heavy atom. The zero-order chi connectivity index (χ0) is 16.7. The topological polar surface area (TPSA) is 60.1 Å². The number of fused-ring (bicyclic) bond motifs is 2. The molecule has 120 valence electrons. The number of nitriles is 1. The van der Waals surface area contributed by atoms with Crippen molar-refractivity contribution in [2.24, 2.45) is 5.92 Å². The Kier molecular flexibility index (Phi) is 3.35. The molecule has 1 aliphatic heterocycles.